The van der Waals surface area contributed by atoms with E-state index in [2.05, 4.69) is 22.1 Å². The average molecular weight is 211 g/mol. The fourth-order valence-electron chi connectivity index (χ4n) is 0.958. The van der Waals surface area contributed by atoms with Crippen LogP contribution in [0.1, 0.15) is 23.8 Å². The molecule has 1 aromatic heterocycles. The van der Waals surface area contributed by atoms with Gasteiger partial charge in [-0.1, -0.05) is 11.6 Å². The maximum Gasteiger partial charge on any atom is 0.267 e. The predicted octanol–water partition coefficient (Wildman–Crippen LogP) is 1.81. The van der Waals surface area contributed by atoms with Gasteiger partial charge in [0, 0.05) is 19.2 Å². The third-order valence-corrected chi connectivity index (χ3v) is 1.82. The quantitative estimate of drug-likeness (QED) is 0.580. The molecule has 1 amide bonds. The fraction of sp³-hybridized carbons (Fsp3) is 0.300. The maximum atomic E-state index is 11.4. The lowest BCUT2D eigenvalue weighted by Gasteiger charge is -1.99. The van der Waals surface area contributed by atoms with Gasteiger partial charge in [0.25, 0.3) is 5.91 Å². The molecule has 0 bridgehead atoms. The lowest BCUT2D eigenvalue weighted by atomic mass is 10.3. The molecule has 0 atom stereocenters. The minimum absolute atomic E-state index is 0.158. The summed E-state index contributed by atoms with van der Waals surface area (Å²) in [6.45, 7) is 2.32. The van der Waals surface area contributed by atoms with Gasteiger partial charge < -0.3 is 10.3 Å². The Balaban J connectivity index is 2.38. The van der Waals surface area contributed by atoms with Crippen LogP contribution in [0.3, 0.4) is 0 Å². The second kappa shape index (κ2) is 5.36. The molecule has 0 unspecified atom stereocenters. The van der Waals surface area contributed by atoms with Crippen molar-refractivity contribution in [3.8, 4) is 11.8 Å². The SMILES string of the molecule is CC#CCCNC(=O)c1cc(Cl)c[nH]1. The maximum absolute atomic E-state index is 11.4. The summed E-state index contributed by atoms with van der Waals surface area (Å²) >= 11 is 5.65. The zero-order valence-electron chi connectivity index (χ0n) is 7.86. The first-order valence-electron chi connectivity index (χ1n) is 4.25. The molecule has 0 radical (unpaired) electrons. The van der Waals surface area contributed by atoms with Crippen LogP contribution in [0.2, 0.25) is 5.02 Å². The van der Waals surface area contributed by atoms with E-state index in [1.165, 1.54) is 0 Å². The van der Waals surface area contributed by atoms with Gasteiger partial charge in [-0.2, -0.15) is 0 Å². The Morgan fingerprint density at radius 2 is 2.50 bits per heavy atom. The second-order valence-electron chi connectivity index (χ2n) is 2.66. The van der Waals surface area contributed by atoms with Crippen LogP contribution in [-0.4, -0.2) is 17.4 Å². The third kappa shape index (κ3) is 3.15. The zero-order chi connectivity index (χ0) is 10.4. The Bertz CT molecular complexity index is 373. The van der Waals surface area contributed by atoms with Gasteiger partial charge in [-0.3, -0.25) is 4.79 Å². The molecule has 0 fully saturated rings. The highest BCUT2D eigenvalue weighted by Crippen LogP contribution is 2.08. The van der Waals surface area contributed by atoms with Crippen LogP contribution in [0.4, 0.5) is 0 Å². The second-order valence-corrected chi connectivity index (χ2v) is 3.10. The van der Waals surface area contributed by atoms with E-state index in [-0.39, 0.29) is 5.91 Å². The Morgan fingerprint density at radius 1 is 1.71 bits per heavy atom. The highest BCUT2D eigenvalue weighted by Gasteiger charge is 2.05. The number of rotatable bonds is 3. The van der Waals surface area contributed by atoms with E-state index in [1.54, 1.807) is 19.2 Å². The molecule has 0 aliphatic heterocycles. The highest BCUT2D eigenvalue weighted by molar-refractivity contribution is 6.30. The van der Waals surface area contributed by atoms with Crippen molar-refractivity contribution in [2.45, 2.75) is 13.3 Å². The van der Waals surface area contributed by atoms with E-state index >= 15 is 0 Å². The number of H-pyrrole nitrogens is 1. The average Bonchev–Trinajstić information content (AvgIpc) is 2.59. The van der Waals surface area contributed by atoms with Gasteiger partial charge in [-0.05, 0) is 13.0 Å². The largest absolute Gasteiger partial charge is 0.356 e. The smallest absolute Gasteiger partial charge is 0.267 e. The van der Waals surface area contributed by atoms with Crippen molar-refractivity contribution < 1.29 is 4.79 Å². The topological polar surface area (TPSA) is 44.9 Å². The molecule has 0 aliphatic rings. The van der Waals surface area contributed by atoms with Crippen LogP contribution < -0.4 is 5.32 Å². The summed E-state index contributed by atoms with van der Waals surface area (Å²) < 4.78 is 0. The molecule has 0 saturated heterocycles. The van der Waals surface area contributed by atoms with Crippen LogP contribution in [0, 0.1) is 11.8 Å². The molecule has 3 nitrogen and oxygen atoms in total. The van der Waals surface area contributed by atoms with Crippen LogP contribution in [0.25, 0.3) is 0 Å². The zero-order valence-corrected chi connectivity index (χ0v) is 8.61. The molecule has 74 valence electrons. The summed E-state index contributed by atoms with van der Waals surface area (Å²) in [4.78, 5) is 14.1. The molecule has 4 heteroatoms. The van der Waals surface area contributed by atoms with Crippen molar-refractivity contribution >= 4 is 17.5 Å². The molecule has 1 rings (SSSR count). The van der Waals surface area contributed by atoms with Crippen molar-refractivity contribution in [1.29, 1.82) is 0 Å². The first-order chi connectivity index (χ1) is 6.74. The molecule has 2 N–H and O–H groups in total. The van der Waals surface area contributed by atoms with Crippen LogP contribution >= 0.6 is 11.6 Å². The predicted molar refractivity (Wildman–Crippen MR) is 56.2 cm³/mol. The lowest BCUT2D eigenvalue weighted by Crippen LogP contribution is -2.24. The Labute approximate surface area is 87.8 Å². The number of hydrogen-bond donors (Lipinski definition) is 2. The van der Waals surface area contributed by atoms with Crippen molar-refractivity contribution in [2.75, 3.05) is 6.54 Å². The number of aromatic nitrogens is 1. The van der Waals surface area contributed by atoms with Gasteiger partial charge in [0.1, 0.15) is 5.69 Å². The Hall–Kier alpha value is -1.40. The van der Waals surface area contributed by atoms with Gasteiger partial charge in [0.2, 0.25) is 0 Å². The van der Waals surface area contributed by atoms with Gasteiger partial charge in [-0.25, -0.2) is 0 Å². The standard InChI is InChI=1S/C10H11ClN2O/c1-2-3-4-5-12-10(14)9-6-8(11)7-13-9/h6-7,13H,4-5H2,1H3,(H,12,14). The molecule has 14 heavy (non-hydrogen) atoms. The molecule has 0 saturated carbocycles. The van der Waals surface area contributed by atoms with Gasteiger partial charge in [-0.15, -0.1) is 11.8 Å². The number of carbonyl (C=O) groups excluding carboxylic acids is 1. The van der Waals surface area contributed by atoms with Crippen molar-refractivity contribution in [3.63, 3.8) is 0 Å². The molecular weight excluding hydrogens is 200 g/mol. The molecule has 0 aliphatic carbocycles. The lowest BCUT2D eigenvalue weighted by molar-refractivity contribution is 0.0950. The summed E-state index contributed by atoms with van der Waals surface area (Å²) in [7, 11) is 0. The van der Waals surface area contributed by atoms with Crippen molar-refractivity contribution in [1.82, 2.24) is 10.3 Å². The first kappa shape index (κ1) is 10.7. The summed E-state index contributed by atoms with van der Waals surface area (Å²) in [5.41, 5.74) is 0.472. The van der Waals surface area contributed by atoms with E-state index in [0.717, 1.165) is 0 Å². The van der Waals surface area contributed by atoms with E-state index < -0.39 is 0 Å². The van der Waals surface area contributed by atoms with Gasteiger partial charge in [0.05, 0.1) is 5.02 Å². The van der Waals surface area contributed by atoms with Crippen molar-refractivity contribution in [2.24, 2.45) is 0 Å². The monoisotopic (exact) mass is 210 g/mol. The van der Waals surface area contributed by atoms with Gasteiger partial charge >= 0.3 is 0 Å². The van der Waals surface area contributed by atoms with E-state index in [4.69, 9.17) is 11.6 Å². The molecule has 0 spiro atoms. The van der Waals surface area contributed by atoms with Crippen molar-refractivity contribution in [3.05, 3.63) is 23.0 Å². The van der Waals surface area contributed by atoms with Crippen LogP contribution in [0.15, 0.2) is 12.3 Å². The Kier molecular flexibility index (Phi) is 4.09. The molecule has 1 heterocycles. The van der Waals surface area contributed by atoms with E-state index in [9.17, 15) is 4.79 Å². The summed E-state index contributed by atoms with van der Waals surface area (Å²) in [6.07, 6.45) is 2.24. The minimum Gasteiger partial charge on any atom is -0.356 e. The Morgan fingerprint density at radius 3 is 3.07 bits per heavy atom. The van der Waals surface area contributed by atoms with E-state index in [0.29, 0.717) is 23.7 Å². The minimum atomic E-state index is -0.158. The van der Waals surface area contributed by atoms with Gasteiger partial charge in [0.15, 0.2) is 0 Å². The first-order valence-corrected chi connectivity index (χ1v) is 4.63. The number of nitrogens with one attached hydrogen (secondary N) is 2. The molecule has 0 aromatic carbocycles. The van der Waals surface area contributed by atoms with E-state index in [1.807, 2.05) is 0 Å². The highest BCUT2D eigenvalue weighted by atomic mass is 35.5. The normalized spacial score (nSPS) is 9.00. The number of carbonyl (C=O) groups is 1. The number of halogens is 1. The number of aromatic amines is 1. The third-order valence-electron chi connectivity index (χ3n) is 1.60. The summed E-state index contributed by atoms with van der Waals surface area (Å²) in [6, 6.07) is 1.59. The van der Waals surface area contributed by atoms with Crippen LogP contribution in [-0.2, 0) is 0 Å². The van der Waals surface area contributed by atoms with Crippen LogP contribution in [0.5, 0.6) is 0 Å². The molecule has 1 aromatic rings. The fourth-order valence-corrected chi connectivity index (χ4v) is 1.12. The summed E-state index contributed by atoms with van der Waals surface area (Å²) in [5.74, 6) is 5.46. The number of hydrogen-bond acceptors (Lipinski definition) is 1. The number of amides is 1. The summed E-state index contributed by atoms with van der Waals surface area (Å²) in [5, 5.41) is 3.25. The molecular formula is C10H11ClN2O.